The first-order chi connectivity index (χ1) is 10.6. The van der Waals surface area contributed by atoms with Gasteiger partial charge in [0, 0.05) is 18.5 Å². The third-order valence-corrected chi connectivity index (χ3v) is 3.77. The van der Waals surface area contributed by atoms with E-state index in [1.165, 1.54) is 6.20 Å². The van der Waals surface area contributed by atoms with Crippen molar-refractivity contribution in [3.8, 4) is 11.5 Å². The molecule has 0 bridgehead atoms. The molecule has 0 fully saturated rings. The minimum atomic E-state index is -0.183. The fraction of sp³-hybridized carbons (Fsp3) is 0.250. The maximum Gasteiger partial charge on any atom is 0.260 e. The third-order valence-electron chi connectivity index (χ3n) is 3.47. The van der Waals surface area contributed by atoms with Crippen LogP contribution in [0.3, 0.4) is 0 Å². The number of pyridine rings is 1. The standard InChI is InChI=1S/C16H15ClN2O3/c1-10-9-19(16(20)12-5-6-18-8-13(12)17)14-7-11(21-2)3-4-15(14)22-10/h3-8,10H,9H2,1-2H3/t10-/m0/s1. The lowest BCUT2D eigenvalue weighted by molar-refractivity contribution is 0.0961. The van der Waals surface area contributed by atoms with Gasteiger partial charge in [-0.15, -0.1) is 0 Å². The van der Waals surface area contributed by atoms with Gasteiger partial charge in [0.25, 0.3) is 5.91 Å². The van der Waals surface area contributed by atoms with Gasteiger partial charge in [-0.05, 0) is 25.1 Å². The van der Waals surface area contributed by atoms with Gasteiger partial charge in [0.15, 0.2) is 0 Å². The smallest absolute Gasteiger partial charge is 0.260 e. The summed E-state index contributed by atoms with van der Waals surface area (Å²) in [5.41, 5.74) is 1.09. The number of rotatable bonds is 2. The summed E-state index contributed by atoms with van der Waals surface area (Å²) in [6.07, 6.45) is 2.91. The number of anilines is 1. The molecule has 1 atom stereocenters. The number of carbonyl (C=O) groups excluding carboxylic acids is 1. The molecule has 0 aliphatic carbocycles. The molecule has 3 rings (SSSR count). The van der Waals surface area contributed by atoms with E-state index in [0.29, 0.717) is 34.3 Å². The zero-order chi connectivity index (χ0) is 15.7. The highest BCUT2D eigenvalue weighted by molar-refractivity contribution is 6.34. The first-order valence-electron chi connectivity index (χ1n) is 6.86. The van der Waals surface area contributed by atoms with Crippen molar-refractivity contribution in [1.29, 1.82) is 0 Å². The van der Waals surface area contributed by atoms with Crippen LogP contribution in [0.5, 0.6) is 11.5 Å². The maximum atomic E-state index is 12.8. The summed E-state index contributed by atoms with van der Waals surface area (Å²) >= 11 is 6.09. The number of benzene rings is 1. The average molecular weight is 319 g/mol. The molecule has 114 valence electrons. The van der Waals surface area contributed by atoms with E-state index in [1.807, 2.05) is 6.92 Å². The summed E-state index contributed by atoms with van der Waals surface area (Å²) in [5.74, 6) is 1.13. The van der Waals surface area contributed by atoms with Crippen LogP contribution in [-0.4, -0.2) is 30.6 Å². The molecule has 0 radical (unpaired) electrons. The summed E-state index contributed by atoms with van der Waals surface area (Å²) in [7, 11) is 1.58. The minimum absolute atomic E-state index is 0.106. The molecular formula is C16H15ClN2O3. The molecule has 0 spiro atoms. The van der Waals surface area contributed by atoms with Gasteiger partial charge in [0.1, 0.15) is 17.6 Å². The van der Waals surface area contributed by atoms with E-state index in [-0.39, 0.29) is 12.0 Å². The molecule has 1 aliphatic heterocycles. The zero-order valence-electron chi connectivity index (χ0n) is 12.2. The number of nitrogens with zero attached hydrogens (tertiary/aromatic N) is 2. The molecule has 0 saturated carbocycles. The average Bonchev–Trinajstić information content (AvgIpc) is 2.53. The predicted molar refractivity (Wildman–Crippen MR) is 84.0 cm³/mol. The van der Waals surface area contributed by atoms with Gasteiger partial charge in [-0.3, -0.25) is 9.78 Å². The normalized spacial score (nSPS) is 16.7. The topological polar surface area (TPSA) is 51.7 Å². The molecule has 1 aromatic heterocycles. The lowest BCUT2D eigenvalue weighted by atomic mass is 10.1. The Morgan fingerprint density at radius 2 is 2.27 bits per heavy atom. The van der Waals surface area contributed by atoms with Gasteiger partial charge >= 0.3 is 0 Å². The molecule has 0 N–H and O–H groups in total. The van der Waals surface area contributed by atoms with Crippen LogP contribution in [0.15, 0.2) is 36.7 Å². The van der Waals surface area contributed by atoms with Gasteiger partial charge in [0.2, 0.25) is 0 Å². The van der Waals surface area contributed by atoms with E-state index in [1.54, 1.807) is 42.5 Å². The molecule has 0 unspecified atom stereocenters. The van der Waals surface area contributed by atoms with Gasteiger partial charge in [-0.1, -0.05) is 11.6 Å². The van der Waals surface area contributed by atoms with E-state index in [4.69, 9.17) is 21.1 Å². The van der Waals surface area contributed by atoms with Crippen molar-refractivity contribution in [2.75, 3.05) is 18.6 Å². The molecule has 0 saturated heterocycles. The second-order valence-corrected chi connectivity index (χ2v) is 5.44. The van der Waals surface area contributed by atoms with Crippen LogP contribution in [0, 0.1) is 0 Å². The Balaban J connectivity index is 2.04. The number of carbonyl (C=O) groups is 1. The zero-order valence-corrected chi connectivity index (χ0v) is 13.0. The predicted octanol–water partition coefficient (Wildman–Crippen LogP) is 3.17. The number of aromatic nitrogens is 1. The van der Waals surface area contributed by atoms with Crippen LogP contribution >= 0.6 is 11.6 Å². The van der Waals surface area contributed by atoms with E-state index in [0.717, 1.165) is 0 Å². The van der Waals surface area contributed by atoms with Crippen LogP contribution < -0.4 is 14.4 Å². The Hall–Kier alpha value is -2.27. The van der Waals surface area contributed by atoms with E-state index >= 15 is 0 Å². The van der Waals surface area contributed by atoms with Crippen molar-refractivity contribution in [3.63, 3.8) is 0 Å². The second-order valence-electron chi connectivity index (χ2n) is 5.03. The molecular weight excluding hydrogens is 304 g/mol. The van der Waals surface area contributed by atoms with Crippen LogP contribution in [0.4, 0.5) is 5.69 Å². The minimum Gasteiger partial charge on any atom is -0.497 e. The summed E-state index contributed by atoms with van der Waals surface area (Å²) in [6, 6.07) is 7.01. The second kappa shape index (κ2) is 5.85. The number of ether oxygens (including phenoxy) is 2. The lowest BCUT2D eigenvalue weighted by Crippen LogP contribution is -2.42. The van der Waals surface area contributed by atoms with Crippen molar-refractivity contribution < 1.29 is 14.3 Å². The Labute approximate surface area is 133 Å². The molecule has 6 heteroatoms. The lowest BCUT2D eigenvalue weighted by Gasteiger charge is -2.33. The summed E-state index contributed by atoms with van der Waals surface area (Å²) in [6.45, 7) is 2.36. The first kappa shape index (κ1) is 14.7. The molecule has 22 heavy (non-hydrogen) atoms. The van der Waals surface area contributed by atoms with Crippen molar-refractivity contribution in [2.24, 2.45) is 0 Å². The Morgan fingerprint density at radius 1 is 1.45 bits per heavy atom. The number of fused-ring (bicyclic) bond motifs is 1. The molecule has 1 aromatic carbocycles. The van der Waals surface area contributed by atoms with Crippen molar-refractivity contribution >= 4 is 23.2 Å². The van der Waals surface area contributed by atoms with Gasteiger partial charge in [0.05, 0.1) is 29.9 Å². The van der Waals surface area contributed by atoms with Gasteiger partial charge in [-0.25, -0.2) is 0 Å². The van der Waals surface area contributed by atoms with Crippen molar-refractivity contribution in [2.45, 2.75) is 13.0 Å². The number of hydrogen-bond donors (Lipinski definition) is 0. The van der Waals surface area contributed by atoms with E-state index < -0.39 is 0 Å². The number of amides is 1. The van der Waals surface area contributed by atoms with Gasteiger partial charge < -0.3 is 14.4 Å². The Morgan fingerprint density at radius 3 is 3.00 bits per heavy atom. The fourth-order valence-corrected chi connectivity index (χ4v) is 2.63. The molecule has 1 aliphatic rings. The maximum absolute atomic E-state index is 12.8. The Kier molecular flexibility index (Phi) is 3.90. The highest BCUT2D eigenvalue weighted by Crippen LogP contribution is 2.37. The van der Waals surface area contributed by atoms with Crippen molar-refractivity contribution in [3.05, 3.63) is 47.2 Å². The first-order valence-corrected chi connectivity index (χ1v) is 7.24. The number of halogens is 1. The summed E-state index contributed by atoms with van der Waals surface area (Å²) in [5, 5.41) is 0.330. The fourth-order valence-electron chi connectivity index (χ4n) is 2.43. The van der Waals surface area contributed by atoms with Crippen LogP contribution in [-0.2, 0) is 0 Å². The molecule has 5 nitrogen and oxygen atoms in total. The van der Waals surface area contributed by atoms with Crippen LogP contribution in [0.1, 0.15) is 17.3 Å². The van der Waals surface area contributed by atoms with E-state index in [9.17, 15) is 4.79 Å². The van der Waals surface area contributed by atoms with Gasteiger partial charge in [-0.2, -0.15) is 0 Å². The SMILES string of the molecule is COc1ccc2c(c1)N(C(=O)c1ccncc1Cl)C[C@H](C)O2. The largest absolute Gasteiger partial charge is 0.497 e. The van der Waals surface area contributed by atoms with Crippen LogP contribution in [0.25, 0.3) is 0 Å². The highest BCUT2D eigenvalue weighted by atomic mass is 35.5. The monoisotopic (exact) mass is 318 g/mol. The highest BCUT2D eigenvalue weighted by Gasteiger charge is 2.29. The van der Waals surface area contributed by atoms with Crippen LogP contribution in [0.2, 0.25) is 5.02 Å². The van der Waals surface area contributed by atoms with E-state index in [2.05, 4.69) is 4.98 Å². The number of hydrogen-bond acceptors (Lipinski definition) is 4. The van der Waals surface area contributed by atoms with Crippen molar-refractivity contribution in [1.82, 2.24) is 4.98 Å². The third kappa shape index (κ3) is 2.60. The Bertz CT molecular complexity index is 720. The number of methoxy groups -OCH3 is 1. The molecule has 2 aromatic rings. The molecule has 2 heterocycles. The summed E-state index contributed by atoms with van der Waals surface area (Å²) in [4.78, 5) is 18.4. The molecule has 1 amide bonds. The summed E-state index contributed by atoms with van der Waals surface area (Å²) < 4.78 is 11.0. The quantitative estimate of drug-likeness (QED) is 0.853.